The molecule has 4 rings (SSSR count). The van der Waals surface area contributed by atoms with Gasteiger partial charge in [-0.15, -0.1) is 0 Å². The number of dihydropyridines is 1. The van der Waals surface area contributed by atoms with Gasteiger partial charge in [0.1, 0.15) is 11.5 Å². The quantitative estimate of drug-likeness (QED) is 0.426. The van der Waals surface area contributed by atoms with Crippen molar-refractivity contribution in [3.8, 4) is 23.0 Å². The minimum Gasteiger partial charge on any atom is -0.497 e. The smallest absolute Gasteiger partial charge is 0.337 e. The van der Waals surface area contributed by atoms with Gasteiger partial charge in [0.05, 0.1) is 46.0 Å². The molecule has 0 radical (unpaired) electrons. The molecule has 0 saturated heterocycles. The largest absolute Gasteiger partial charge is 0.497 e. The molecule has 0 saturated carbocycles. The number of benzene rings is 2. The molecule has 0 unspecified atom stereocenters. The molecule has 2 aliphatic rings. The fourth-order valence-electron chi connectivity index (χ4n) is 5.36. The van der Waals surface area contributed by atoms with Crippen LogP contribution in [0.25, 0.3) is 0 Å². The Bertz CT molecular complexity index is 1330. The van der Waals surface area contributed by atoms with Gasteiger partial charge in [-0.3, -0.25) is 4.79 Å². The van der Waals surface area contributed by atoms with Gasteiger partial charge in [0.2, 0.25) is 0 Å². The minimum absolute atomic E-state index is 0.0419. The summed E-state index contributed by atoms with van der Waals surface area (Å²) in [7, 11) is 6.34. The van der Waals surface area contributed by atoms with Gasteiger partial charge in [-0.05, 0) is 68.5 Å². The molecule has 1 heterocycles. The van der Waals surface area contributed by atoms with Gasteiger partial charge < -0.3 is 29.0 Å². The summed E-state index contributed by atoms with van der Waals surface area (Å²) < 4.78 is 27.9. The number of hydrogen-bond acceptors (Lipinski definition) is 8. The van der Waals surface area contributed by atoms with Crippen LogP contribution in [0.4, 0.5) is 0 Å². The van der Waals surface area contributed by atoms with Crippen LogP contribution in [0.5, 0.6) is 23.0 Å². The second kappa shape index (κ2) is 11.8. The summed E-state index contributed by atoms with van der Waals surface area (Å²) in [5.74, 6) is 1.18. The van der Waals surface area contributed by atoms with E-state index in [1.807, 2.05) is 45.0 Å². The third-order valence-corrected chi connectivity index (χ3v) is 7.56. The highest BCUT2D eigenvalue weighted by molar-refractivity contribution is 6.04. The van der Waals surface area contributed by atoms with Crippen LogP contribution in [-0.4, -0.2) is 46.3 Å². The Kier molecular flexibility index (Phi) is 8.53. The second-order valence-corrected chi connectivity index (χ2v) is 9.86. The first-order chi connectivity index (χ1) is 18.8. The van der Waals surface area contributed by atoms with Crippen LogP contribution in [0, 0.1) is 0 Å². The number of rotatable bonds is 9. The topological polar surface area (TPSA) is 92.3 Å². The Balaban J connectivity index is 1.83. The average Bonchev–Trinajstić information content (AvgIpc) is 2.95. The molecule has 8 heteroatoms. The highest BCUT2D eigenvalue weighted by Crippen LogP contribution is 2.49. The normalized spacial score (nSPS) is 19.6. The zero-order valence-corrected chi connectivity index (χ0v) is 23.7. The van der Waals surface area contributed by atoms with Crippen molar-refractivity contribution < 1.29 is 33.3 Å². The van der Waals surface area contributed by atoms with Crippen molar-refractivity contribution in [1.29, 1.82) is 0 Å². The zero-order valence-electron chi connectivity index (χ0n) is 23.7. The van der Waals surface area contributed by atoms with Gasteiger partial charge in [-0.1, -0.05) is 13.0 Å². The average molecular weight is 536 g/mol. The third-order valence-electron chi connectivity index (χ3n) is 7.56. The molecule has 0 bridgehead atoms. The van der Waals surface area contributed by atoms with E-state index in [0.29, 0.717) is 58.2 Å². The van der Waals surface area contributed by atoms with Crippen LogP contribution in [0.2, 0.25) is 0 Å². The van der Waals surface area contributed by atoms with Crippen molar-refractivity contribution >= 4 is 11.8 Å². The highest BCUT2D eigenvalue weighted by atomic mass is 16.5. The molecule has 1 aliphatic heterocycles. The Morgan fingerprint density at radius 3 is 2.28 bits per heavy atom. The second-order valence-electron chi connectivity index (χ2n) is 9.86. The monoisotopic (exact) mass is 535 g/mol. The van der Waals surface area contributed by atoms with Crippen LogP contribution in [0.15, 0.2) is 58.9 Å². The molecule has 2 aromatic carbocycles. The Morgan fingerprint density at radius 1 is 0.949 bits per heavy atom. The molecule has 1 aliphatic carbocycles. The molecular weight excluding hydrogens is 498 g/mol. The van der Waals surface area contributed by atoms with Crippen molar-refractivity contribution in [3.63, 3.8) is 0 Å². The Labute approximate surface area is 229 Å². The Hall–Kier alpha value is -3.94. The zero-order chi connectivity index (χ0) is 28.3. The third kappa shape index (κ3) is 5.46. The lowest BCUT2D eigenvalue weighted by Crippen LogP contribution is -2.36. The minimum atomic E-state index is -0.665. The number of Topliss-reactive ketones (excluding diaryl/α,β-unsaturated/α-hetero) is 1. The number of carbonyl (C=O) groups is 2. The van der Waals surface area contributed by atoms with Crippen molar-refractivity contribution in [2.45, 2.75) is 58.0 Å². The van der Waals surface area contributed by atoms with E-state index in [9.17, 15) is 9.59 Å². The van der Waals surface area contributed by atoms with E-state index in [2.05, 4.69) is 5.32 Å². The fourth-order valence-corrected chi connectivity index (χ4v) is 5.36. The summed E-state index contributed by atoms with van der Waals surface area (Å²) in [6.07, 6.45) is 1.28. The van der Waals surface area contributed by atoms with Crippen LogP contribution in [0.1, 0.15) is 63.0 Å². The van der Waals surface area contributed by atoms with Gasteiger partial charge in [-0.2, -0.15) is 0 Å². The Morgan fingerprint density at radius 2 is 1.64 bits per heavy atom. The summed E-state index contributed by atoms with van der Waals surface area (Å²) in [4.78, 5) is 27.5. The van der Waals surface area contributed by atoms with E-state index in [0.717, 1.165) is 11.3 Å². The van der Waals surface area contributed by atoms with E-state index in [-0.39, 0.29) is 24.2 Å². The number of ketones is 1. The number of carbonyl (C=O) groups excluding carboxylic acids is 2. The van der Waals surface area contributed by atoms with Gasteiger partial charge in [0, 0.05) is 29.0 Å². The fraction of sp³-hybridized carbons (Fsp3) is 0.419. The van der Waals surface area contributed by atoms with E-state index < -0.39 is 11.9 Å². The first kappa shape index (κ1) is 28.1. The van der Waals surface area contributed by atoms with Gasteiger partial charge in [0.15, 0.2) is 17.3 Å². The van der Waals surface area contributed by atoms with Gasteiger partial charge in [-0.25, -0.2) is 4.79 Å². The highest BCUT2D eigenvalue weighted by Gasteiger charge is 2.43. The molecule has 2 aromatic rings. The number of esters is 1. The lowest BCUT2D eigenvalue weighted by atomic mass is 9.71. The first-order valence-electron chi connectivity index (χ1n) is 13.1. The van der Waals surface area contributed by atoms with Crippen LogP contribution in [0.3, 0.4) is 0 Å². The number of ether oxygens (including phenoxy) is 5. The molecule has 0 amide bonds. The summed E-state index contributed by atoms with van der Waals surface area (Å²) in [5, 5.41) is 3.40. The summed E-state index contributed by atoms with van der Waals surface area (Å²) in [6, 6.07) is 11.2. The number of nitrogens with one attached hydrogen (secondary N) is 1. The predicted molar refractivity (Wildman–Crippen MR) is 148 cm³/mol. The number of allylic oxidation sites excluding steroid dienone is 3. The molecule has 8 nitrogen and oxygen atoms in total. The van der Waals surface area contributed by atoms with Crippen molar-refractivity contribution in [1.82, 2.24) is 5.32 Å². The molecule has 0 aromatic heterocycles. The molecule has 39 heavy (non-hydrogen) atoms. The SMILES string of the molecule is CC[C@H](C)OC(=O)C1=C(C)NC2=C(C(=O)C[C@H](c3ccc(OC)c(OC)c3)C2)[C@@H]1c1cc(OC)ccc1OC. The lowest BCUT2D eigenvalue weighted by molar-refractivity contribution is -0.144. The molecule has 3 atom stereocenters. The van der Waals surface area contributed by atoms with E-state index in [1.54, 1.807) is 40.6 Å². The predicted octanol–water partition coefficient (Wildman–Crippen LogP) is 5.42. The summed E-state index contributed by atoms with van der Waals surface area (Å²) >= 11 is 0. The molecule has 208 valence electrons. The van der Waals surface area contributed by atoms with Crippen LogP contribution in [-0.2, 0) is 14.3 Å². The number of methoxy groups -OCH3 is 4. The van der Waals surface area contributed by atoms with E-state index >= 15 is 0 Å². The van der Waals surface area contributed by atoms with Gasteiger partial charge in [0.25, 0.3) is 0 Å². The van der Waals surface area contributed by atoms with Crippen LogP contribution >= 0.6 is 0 Å². The van der Waals surface area contributed by atoms with E-state index in [4.69, 9.17) is 23.7 Å². The lowest BCUT2D eigenvalue weighted by Gasteiger charge is -2.37. The maximum atomic E-state index is 14.0. The van der Waals surface area contributed by atoms with Crippen LogP contribution < -0.4 is 24.3 Å². The maximum absolute atomic E-state index is 14.0. The molecular formula is C31H37NO7. The molecule has 0 spiro atoms. The van der Waals surface area contributed by atoms with E-state index in [1.165, 1.54) is 0 Å². The van der Waals surface area contributed by atoms with Crippen molar-refractivity contribution in [2.75, 3.05) is 28.4 Å². The van der Waals surface area contributed by atoms with Crippen molar-refractivity contribution in [3.05, 3.63) is 70.1 Å². The summed E-state index contributed by atoms with van der Waals surface area (Å²) in [6.45, 7) is 5.66. The molecule has 0 fully saturated rings. The van der Waals surface area contributed by atoms with Crippen molar-refractivity contribution in [2.24, 2.45) is 0 Å². The maximum Gasteiger partial charge on any atom is 0.337 e. The first-order valence-corrected chi connectivity index (χ1v) is 13.1. The number of hydrogen-bond donors (Lipinski definition) is 1. The van der Waals surface area contributed by atoms with Gasteiger partial charge >= 0.3 is 5.97 Å². The molecule has 1 N–H and O–H groups in total. The summed E-state index contributed by atoms with van der Waals surface area (Å²) in [5.41, 5.74) is 4.06. The standard InChI is InChI=1S/C31H37NO7/c1-8-17(2)39-31(34)28-18(3)32-23-13-20(19-9-11-26(37-6)27(15-19)38-7)14-24(33)30(23)29(28)22-16-21(35-4)10-12-25(22)36-5/h9-12,15-17,20,29,32H,8,13-14H2,1-7H3/t17-,20+,29+/m0/s1.